The zero-order valence-electron chi connectivity index (χ0n) is 31.1. The molecule has 2 aromatic heterocycles. The third kappa shape index (κ3) is 5.68. The number of nitrogens with zero attached hydrogens (tertiary/aromatic N) is 2. The summed E-state index contributed by atoms with van der Waals surface area (Å²) in [5.74, 6) is 0. The minimum atomic E-state index is 0.877. The van der Waals surface area contributed by atoms with Crippen molar-refractivity contribution in [1.82, 2.24) is 4.57 Å². The highest BCUT2D eigenvalue weighted by Crippen LogP contribution is 2.44. The highest BCUT2D eigenvalue weighted by Gasteiger charge is 2.20. The molecule has 0 fully saturated rings. The molecule has 57 heavy (non-hydrogen) atoms. The van der Waals surface area contributed by atoms with Crippen molar-refractivity contribution in [2.24, 2.45) is 0 Å². The van der Waals surface area contributed by atoms with Crippen LogP contribution in [0, 0.1) is 0 Å². The summed E-state index contributed by atoms with van der Waals surface area (Å²) in [5, 5.41) is 4.69. The van der Waals surface area contributed by atoms with E-state index >= 15 is 0 Å². The molecule has 0 N–H and O–H groups in total. The Morgan fingerprint density at radius 2 is 0.807 bits per heavy atom. The lowest BCUT2D eigenvalue weighted by Crippen LogP contribution is -2.10. The predicted octanol–water partition coefficient (Wildman–Crippen LogP) is 15.2. The standard InChI is InChI=1S/C54H36N2O/c1-3-13-37(14-4-1)38-23-25-39(26-24-38)40-27-31-43(32-28-40)55(42-15-5-2-6-16-42)45-35-49(54-50(36-45)48-19-9-12-22-53(48)57-54)41-29-33-44(34-30-41)56-51-20-10-7-17-46(51)47-18-8-11-21-52(47)56/h1-36H. The largest absolute Gasteiger partial charge is 0.455 e. The molecule has 9 aromatic carbocycles. The van der Waals surface area contributed by atoms with Crippen LogP contribution in [0.15, 0.2) is 223 Å². The van der Waals surface area contributed by atoms with Gasteiger partial charge in [0.05, 0.1) is 11.0 Å². The smallest absolute Gasteiger partial charge is 0.143 e. The molecule has 0 saturated carbocycles. The summed E-state index contributed by atoms with van der Waals surface area (Å²) in [6.45, 7) is 0. The first kappa shape index (κ1) is 32.8. The van der Waals surface area contributed by atoms with Crippen molar-refractivity contribution in [1.29, 1.82) is 0 Å². The number of hydrogen-bond donors (Lipinski definition) is 0. The number of aromatic nitrogens is 1. The number of rotatable bonds is 7. The normalized spacial score (nSPS) is 11.5. The van der Waals surface area contributed by atoms with Crippen molar-refractivity contribution in [3.05, 3.63) is 218 Å². The molecule has 3 heteroatoms. The fourth-order valence-corrected chi connectivity index (χ4v) is 8.46. The van der Waals surface area contributed by atoms with Gasteiger partial charge in [0.1, 0.15) is 11.2 Å². The molecule has 0 amide bonds. The van der Waals surface area contributed by atoms with E-state index in [1.807, 2.05) is 6.07 Å². The maximum Gasteiger partial charge on any atom is 0.143 e. The summed E-state index contributed by atoms with van der Waals surface area (Å²) >= 11 is 0. The van der Waals surface area contributed by atoms with E-state index in [1.165, 1.54) is 44.1 Å². The molecule has 11 aromatic rings. The quantitative estimate of drug-likeness (QED) is 0.163. The Bertz CT molecular complexity index is 3140. The molecule has 3 nitrogen and oxygen atoms in total. The van der Waals surface area contributed by atoms with Crippen LogP contribution >= 0.6 is 0 Å². The van der Waals surface area contributed by atoms with Gasteiger partial charge < -0.3 is 13.9 Å². The summed E-state index contributed by atoms with van der Waals surface area (Å²) in [6.07, 6.45) is 0. The van der Waals surface area contributed by atoms with E-state index in [9.17, 15) is 0 Å². The Morgan fingerprint density at radius 1 is 0.333 bits per heavy atom. The highest BCUT2D eigenvalue weighted by molar-refractivity contribution is 6.12. The molecule has 0 bridgehead atoms. The first-order valence-corrected chi connectivity index (χ1v) is 19.4. The van der Waals surface area contributed by atoms with E-state index in [0.717, 1.165) is 55.8 Å². The summed E-state index contributed by atoms with van der Waals surface area (Å²) < 4.78 is 9.04. The second kappa shape index (κ2) is 13.6. The molecule has 0 aliphatic rings. The van der Waals surface area contributed by atoms with Crippen molar-refractivity contribution in [2.45, 2.75) is 0 Å². The first-order chi connectivity index (χ1) is 28.3. The van der Waals surface area contributed by atoms with Gasteiger partial charge in [-0.15, -0.1) is 0 Å². The van der Waals surface area contributed by atoms with Gasteiger partial charge >= 0.3 is 0 Å². The van der Waals surface area contributed by atoms with Crippen LogP contribution in [0.3, 0.4) is 0 Å². The number of anilines is 3. The molecule has 0 aliphatic carbocycles. The number of para-hydroxylation sites is 4. The van der Waals surface area contributed by atoms with E-state index in [-0.39, 0.29) is 0 Å². The van der Waals surface area contributed by atoms with Gasteiger partial charge in [-0.2, -0.15) is 0 Å². The summed E-state index contributed by atoms with van der Waals surface area (Å²) in [4.78, 5) is 2.35. The molecule has 2 heterocycles. The monoisotopic (exact) mass is 728 g/mol. The summed E-state index contributed by atoms with van der Waals surface area (Å²) in [6, 6.07) is 78.0. The van der Waals surface area contributed by atoms with Crippen LogP contribution in [0.25, 0.3) is 82.8 Å². The maximum absolute atomic E-state index is 6.68. The van der Waals surface area contributed by atoms with Gasteiger partial charge in [0, 0.05) is 49.9 Å². The predicted molar refractivity (Wildman–Crippen MR) is 239 cm³/mol. The molecule has 0 atom stereocenters. The van der Waals surface area contributed by atoms with Crippen molar-refractivity contribution in [2.75, 3.05) is 4.90 Å². The third-order valence-electron chi connectivity index (χ3n) is 11.2. The van der Waals surface area contributed by atoms with Crippen LogP contribution in [0.5, 0.6) is 0 Å². The fraction of sp³-hybridized carbons (Fsp3) is 0. The van der Waals surface area contributed by atoms with Crippen LogP contribution < -0.4 is 4.90 Å². The molecule has 268 valence electrons. The number of fused-ring (bicyclic) bond motifs is 6. The Kier molecular flexibility index (Phi) is 7.82. The van der Waals surface area contributed by atoms with Gasteiger partial charge in [-0.25, -0.2) is 0 Å². The van der Waals surface area contributed by atoms with E-state index in [2.05, 4.69) is 222 Å². The van der Waals surface area contributed by atoms with Gasteiger partial charge in [0.25, 0.3) is 0 Å². The zero-order valence-corrected chi connectivity index (χ0v) is 31.1. The molecule has 0 radical (unpaired) electrons. The minimum absolute atomic E-state index is 0.877. The number of benzene rings is 9. The molecule has 0 saturated heterocycles. The molecule has 11 rings (SSSR count). The van der Waals surface area contributed by atoms with Gasteiger partial charge in [-0.3, -0.25) is 0 Å². The lowest BCUT2D eigenvalue weighted by atomic mass is 9.99. The van der Waals surface area contributed by atoms with Gasteiger partial charge in [-0.05, 0) is 94.5 Å². The van der Waals surface area contributed by atoms with Crippen LogP contribution in [-0.2, 0) is 0 Å². The Labute approximate surface area is 330 Å². The molecular weight excluding hydrogens is 693 g/mol. The van der Waals surface area contributed by atoms with Crippen LogP contribution in [0.2, 0.25) is 0 Å². The van der Waals surface area contributed by atoms with Crippen LogP contribution in [-0.4, -0.2) is 4.57 Å². The average Bonchev–Trinajstić information content (AvgIpc) is 3.83. The maximum atomic E-state index is 6.68. The lowest BCUT2D eigenvalue weighted by Gasteiger charge is -2.26. The van der Waals surface area contributed by atoms with Gasteiger partial charge in [-0.1, -0.05) is 152 Å². The van der Waals surface area contributed by atoms with E-state index in [1.54, 1.807) is 0 Å². The minimum Gasteiger partial charge on any atom is -0.455 e. The van der Waals surface area contributed by atoms with Gasteiger partial charge in [0.15, 0.2) is 0 Å². The Morgan fingerprint density at radius 3 is 1.44 bits per heavy atom. The first-order valence-electron chi connectivity index (χ1n) is 19.4. The summed E-state index contributed by atoms with van der Waals surface area (Å²) in [7, 11) is 0. The van der Waals surface area contributed by atoms with Crippen LogP contribution in [0.1, 0.15) is 0 Å². The topological polar surface area (TPSA) is 21.3 Å². The number of hydrogen-bond acceptors (Lipinski definition) is 2. The van der Waals surface area contributed by atoms with Crippen molar-refractivity contribution in [3.8, 4) is 39.1 Å². The lowest BCUT2D eigenvalue weighted by molar-refractivity contribution is 0.670. The van der Waals surface area contributed by atoms with E-state index in [4.69, 9.17) is 4.42 Å². The molecule has 0 spiro atoms. The zero-order chi connectivity index (χ0) is 37.7. The van der Waals surface area contributed by atoms with E-state index in [0.29, 0.717) is 0 Å². The Hall–Kier alpha value is -7.62. The van der Waals surface area contributed by atoms with Gasteiger partial charge in [0.2, 0.25) is 0 Å². The number of furan rings is 1. The molecule has 0 unspecified atom stereocenters. The van der Waals surface area contributed by atoms with Crippen LogP contribution in [0.4, 0.5) is 17.1 Å². The van der Waals surface area contributed by atoms with Crippen molar-refractivity contribution < 1.29 is 4.42 Å². The average molecular weight is 729 g/mol. The molecular formula is C54H36N2O. The highest BCUT2D eigenvalue weighted by atomic mass is 16.3. The SMILES string of the molecule is c1ccc(-c2ccc(-c3ccc(N(c4ccccc4)c4cc(-c5ccc(-n6c7ccccc7c7ccccc76)cc5)c5oc6ccccc6c5c4)cc3)cc2)cc1. The van der Waals surface area contributed by atoms with E-state index < -0.39 is 0 Å². The summed E-state index contributed by atoms with van der Waals surface area (Å²) in [5.41, 5.74) is 15.4. The second-order valence-corrected chi connectivity index (χ2v) is 14.5. The Balaban J connectivity index is 1.03. The third-order valence-corrected chi connectivity index (χ3v) is 11.2. The van der Waals surface area contributed by atoms with Crippen molar-refractivity contribution in [3.63, 3.8) is 0 Å². The fourth-order valence-electron chi connectivity index (χ4n) is 8.46. The molecule has 0 aliphatic heterocycles. The second-order valence-electron chi connectivity index (χ2n) is 14.5. The van der Waals surface area contributed by atoms with Crippen molar-refractivity contribution >= 4 is 60.8 Å².